The highest BCUT2D eigenvalue weighted by atomic mass is 16.9. The van der Waals surface area contributed by atoms with Gasteiger partial charge in [-0.25, -0.2) is 9.36 Å². The number of hydrogen-bond donors (Lipinski definition) is 2. The normalized spacial score (nSPS) is 9.58. The molecule has 0 aromatic carbocycles. The maximum atomic E-state index is 8.25. The molecule has 0 spiro atoms. The van der Waals surface area contributed by atoms with Gasteiger partial charge in [-0.3, -0.25) is 5.41 Å². The monoisotopic (exact) mass is 266 g/mol. The number of rotatable bonds is 1. The average molecular weight is 266 g/mol. The lowest BCUT2D eigenvalue weighted by Crippen LogP contribution is -2.21. The van der Waals surface area contributed by atoms with Crippen LogP contribution in [0.5, 0.6) is 0 Å². The maximum absolute atomic E-state index is 8.25. The molecule has 0 aliphatic rings. The zero-order valence-corrected chi connectivity index (χ0v) is 10.3. The zero-order chi connectivity index (χ0) is 14.6. The van der Waals surface area contributed by atoms with Crippen molar-refractivity contribution in [1.29, 1.82) is 5.41 Å². The van der Waals surface area contributed by atoms with Crippen LogP contribution in [-0.2, 0) is 0 Å². The van der Waals surface area contributed by atoms with Gasteiger partial charge in [-0.2, -0.15) is 5.10 Å². The fraction of sp³-hybridized carbons (Fsp3) is 0.222. The van der Waals surface area contributed by atoms with Gasteiger partial charge in [0, 0.05) is 18.0 Å². The maximum Gasteiger partial charge on any atom is 0.213 e. The van der Waals surface area contributed by atoms with E-state index in [4.69, 9.17) is 26.5 Å². The highest BCUT2D eigenvalue weighted by Gasteiger charge is 2.07. The van der Waals surface area contributed by atoms with Crippen LogP contribution >= 0.6 is 0 Å². The van der Waals surface area contributed by atoms with Crippen molar-refractivity contribution < 1.29 is 5.09 Å². The number of aromatic nitrogens is 4. The van der Waals surface area contributed by atoms with Crippen LogP contribution in [0, 0.1) is 34.6 Å². The molecule has 2 heterocycles. The number of nitrogen functional groups attached to an aromatic ring is 1. The van der Waals surface area contributed by atoms with Crippen molar-refractivity contribution in [2.75, 3.05) is 0 Å². The molecule has 0 amide bonds. The molecule has 19 heavy (non-hydrogen) atoms. The van der Waals surface area contributed by atoms with E-state index in [1.807, 2.05) is 19.9 Å². The minimum Gasteiger partial charge on any atom is -0.368 e. The molecule has 0 fully saturated rings. The summed E-state index contributed by atoms with van der Waals surface area (Å²) < 4.78 is 3.01. The number of nitrogens with two attached hydrogens (primary N) is 1. The van der Waals surface area contributed by atoms with Crippen LogP contribution < -0.4 is 5.73 Å². The van der Waals surface area contributed by atoms with Crippen LogP contribution in [0.2, 0.25) is 0 Å². The van der Waals surface area contributed by atoms with Gasteiger partial charge in [-0.15, -0.1) is 5.10 Å². The molecule has 3 N–H and O–H groups in total. The van der Waals surface area contributed by atoms with Crippen LogP contribution in [0.25, 0.3) is 5.82 Å². The van der Waals surface area contributed by atoms with Crippen molar-refractivity contribution in [3.05, 3.63) is 45.0 Å². The Morgan fingerprint density at radius 3 is 2.37 bits per heavy atom. The standard InChI is InChI=1S/C9H12N6.NO3/c1-6-5-7(2)15(12-6)8-3-4-14(13-8)9(10)11;2-1(3)4/h3-5H,1-2H3,(H3,10,11);/q;-1. The highest BCUT2D eigenvalue weighted by molar-refractivity contribution is 5.76. The molecule has 0 unspecified atom stereocenters. The summed E-state index contributed by atoms with van der Waals surface area (Å²) in [5.74, 6) is 0.554. The first-order valence-electron chi connectivity index (χ1n) is 5.06. The van der Waals surface area contributed by atoms with Gasteiger partial charge in [0.2, 0.25) is 5.96 Å². The Hall–Kier alpha value is -2.91. The summed E-state index contributed by atoms with van der Waals surface area (Å²) in [5, 5.41) is 30.4. The molecule has 0 saturated carbocycles. The van der Waals surface area contributed by atoms with Gasteiger partial charge >= 0.3 is 0 Å². The smallest absolute Gasteiger partial charge is 0.213 e. The quantitative estimate of drug-likeness (QED) is 0.325. The first-order chi connectivity index (χ1) is 8.81. The van der Waals surface area contributed by atoms with E-state index in [0.717, 1.165) is 11.4 Å². The fourth-order valence-electron chi connectivity index (χ4n) is 1.42. The molecule has 2 aromatic heterocycles. The van der Waals surface area contributed by atoms with Gasteiger partial charge in [0.25, 0.3) is 0 Å². The van der Waals surface area contributed by atoms with Crippen molar-refractivity contribution in [3.8, 4) is 5.82 Å². The largest absolute Gasteiger partial charge is 0.368 e. The second-order valence-corrected chi connectivity index (χ2v) is 3.57. The Balaban J connectivity index is 0.000000399. The predicted octanol–water partition coefficient (Wildman–Crippen LogP) is 0.188. The SMILES string of the molecule is Cc1cc(C)n(-c2ccn(C(=N)N)n2)n1.O=[N+]([O-])[O-]. The Bertz CT molecular complexity index is 597. The molecule has 0 bridgehead atoms. The van der Waals surface area contributed by atoms with Crippen LogP contribution in [0.1, 0.15) is 11.4 Å². The molecule has 102 valence electrons. The van der Waals surface area contributed by atoms with E-state index < -0.39 is 5.09 Å². The number of aryl methyl sites for hydroxylation is 2. The van der Waals surface area contributed by atoms with Crippen LogP contribution in [-0.4, -0.2) is 30.6 Å². The summed E-state index contributed by atoms with van der Waals surface area (Å²) in [6.07, 6.45) is 1.63. The van der Waals surface area contributed by atoms with Gasteiger partial charge in [-0.05, 0) is 19.9 Å². The molecular weight excluding hydrogens is 254 g/mol. The lowest BCUT2D eigenvalue weighted by atomic mass is 10.4. The first kappa shape index (κ1) is 14.2. The van der Waals surface area contributed by atoms with Crippen molar-refractivity contribution in [3.63, 3.8) is 0 Å². The molecule has 0 radical (unpaired) electrons. The van der Waals surface area contributed by atoms with E-state index in [1.54, 1.807) is 16.9 Å². The van der Waals surface area contributed by atoms with Crippen LogP contribution in [0.15, 0.2) is 18.3 Å². The lowest BCUT2D eigenvalue weighted by Gasteiger charge is -1.98. The Labute approximate surface area is 107 Å². The molecule has 2 aromatic rings. The third kappa shape index (κ3) is 3.80. The van der Waals surface area contributed by atoms with E-state index in [2.05, 4.69) is 10.2 Å². The summed E-state index contributed by atoms with van der Waals surface area (Å²) in [6.45, 7) is 3.87. The van der Waals surface area contributed by atoms with Gasteiger partial charge in [-0.1, -0.05) is 0 Å². The van der Waals surface area contributed by atoms with E-state index in [1.165, 1.54) is 4.68 Å². The summed E-state index contributed by atoms with van der Waals surface area (Å²) >= 11 is 0. The molecule has 0 atom stereocenters. The van der Waals surface area contributed by atoms with Crippen molar-refractivity contribution in [1.82, 2.24) is 19.6 Å². The van der Waals surface area contributed by atoms with Crippen molar-refractivity contribution in [2.24, 2.45) is 5.73 Å². The van der Waals surface area contributed by atoms with Gasteiger partial charge in [0.15, 0.2) is 5.82 Å². The number of nitrogens with one attached hydrogen (secondary N) is 1. The van der Waals surface area contributed by atoms with Crippen LogP contribution in [0.3, 0.4) is 0 Å². The molecule has 10 heteroatoms. The second kappa shape index (κ2) is 5.62. The van der Waals surface area contributed by atoms with Crippen molar-refractivity contribution in [2.45, 2.75) is 13.8 Å². The van der Waals surface area contributed by atoms with Crippen molar-refractivity contribution >= 4 is 5.96 Å². The van der Waals surface area contributed by atoms with Gasteiger partial charge < -0.3 is 21.1 Å². The van der Waals surface area contributed by atoms with E-state index >= 15 is 0 Å². The van der Waals surface area contributed by atoms with Gasteiger partial charge in [0.05, 0.1) is 10.8 Å². The Kier molecular flexibility index (Phi) is 4.19. The fourth-order valence-corrected chi connectivity index (χ4v) is 1.42. The van der Waals surface area contributed by atoms with E-state index in [0.29, 0.717) is 5.82 Å². The number of hydrogen-bond acceptors (Lipinski definition) is 6. The first-order valence-corrected chi connectivity index (χ1v) is 5.06. The summed E-state index contributed by atoms with van der Waals surface area (Å²) in [7, 11) is 0. The van der Waals surface area contributed by atoms with Crippen LogP contribution in [0.4, 0.5) is 0 Å². The lowest BCUT2D eigenvalue weighted by molar-refractivity contribution is -0.402. The van der Waals surface area contributed by atoms with E-state index in [-0.39, 0.29) is 5.96 Å². The van der Waals surface area contributed by atoms with Gasteiger partial charge in [0.1, 0.15) is 0 Å². The zero-order valence-electron chi connectivity index (χ0n) is 10.3. The molecule has 2 rings (SSSR count). The Morgan fingerprint density at radius 2 is 2.00 bits per heavy atom. The highest BCUT2D eigenvalue weighted by Crippen LogP contribution is 2.08. The summed E-state index contributed by atoms with van der Waals surface area (Å²) in [6, 6.07) is 3.73. The number of nitrogens with zero attached hydrogens (tertiary/aromatic N) is 5. The minimum atomic E-state index is -1.75. The molecule has 0 aliphatic carbocycles. The third-order valence-electron chi connectivity index (χ3n) is 2.05. The molecule has 10 nitrogen and oxygen atoms in total. The third-order valence-corrected chi connectivity index (χ3v) is 2.05. The molecular formula is C9H12N7O3-. The Morgan fingerprint density at radius 1 is 1.42 bits per heavy atom. The summed E-state index contributed by atoms with van der Waals surface area (Å²) in [5.41, 5.74) is 7.24. The topological polar surface area (TPSA) is 152 Å². The summed E-state index contributed by atoms with van der Waals surface area (Å²) in [4.78, 5) is 8.25. The molecule has 0 saturated heterocycles. The second-order valence-electron chi connectivity index (χ2n) is 3.57. The minimum absolute atomic E-state index is 0.109. The molecule has 0 aliphatic heterocycles. The predicted molar refractivity (Wildman–Crippen MR) is 66.5 cm³/mol. The average Bonchev–Trinajstić information content (AvgIpc) is 2.83. The van der Waals surface area contributed by atoms with E-state index in [9.17, 15) is 0 Å².